The van der Waals surface area contributed by atoms with Crippen molar-refractivity contribution in [2.75, 3.05) is 5.73 Å². The molecule has 1 heterocycles. The number of halogens is 2. The van der Waals surface area contributed by atoms with Gasteiger partial charge in [-0.2, -0.15) is 0 Å². The standard InChI is InChI=1S/C11H10F2N4OS/c1-5(10-16-17-11(14)19-10)15-9(18)7-4-6(12)2-3-8(7)13/h2-5H,1H3,(H2,14,17)(H,15,18). The molecule has 1 amide bonds. The van der Waals surface area contributed by atoms with Crippen molar-refractivity contribution in [2.24, 2.45) is 0 Å². The van der Waals surface area contributed by atoms with E-state index in [1.54, 1.807) is 6.92 Å². The lowest BCUT2D eigenvalue weighted by molar-refractivity contribution is 0.0935. The molecule has 1 aromatic carbocycles. The number of nitrogens with zero attached hydrogens (tertiary/aromatic N) is 2. The van der Waals surface area contributed by atoms with Gasteiger partial charge in [0.15, 0.2) is 0 Å². The molecule has 3 N–H and O–H groups in total. The fraction of sp³-hybridized carbons (Fsp3) is 0.182. The van der Waals surface area contributed by atoms with Crippen LogP contribution in [0.1, 0.15) is 28.3 Å². The SMILES string of the molecule is CC(NC(=O)c1cc(F)ccc1F)c1nnc(N)s1. The van der Waals surface area contributed by atoms with Gasteiger partial charge in [0.2, 0.25) is 5.13 Å². The van der Waals surface area contributed by atoms with Crippen molar-refractivity contribution in [1.29, 1.82) is 0 Å². The van der Waals surface area contributed by atoms with E-state index < -0.39 is 23.6 Å². The average Bonchev–Trinajstić information content (AvgIpc) is 2.79. The normalized spacial score (nSPS) is 12.2. The number of nitrogen functional groups attached to an aromatic ring is 1. The van der Waals surface area contributed by atoms with Crippen molar-refractivity contribution in [3.63, 3.8) is 0 Å². The zero-order valence-corrected chi connectivity index (χ0v) is 10.7. The van der Waals surface area contributed by atoms with Crippen molar-refractivity contribution in [2.45, 2.75) is 13.0 Å². The number of anilines is 1. The Labute approximate surface area is 111 Å². The molecular weight excluding hydrogens is 274 g/mol. The lowest BCUT2D eigenvalue weighted by Crippen LogP contribution is -2.27. The number of carbonyl (C=O) groups excluding carboxylic acids is 1. The Morgan fingerprint density at radius 1 is 1.42 bits per heavy atom. The molecule has 2 aromatic rings. The molecule has 0 aliphatic rings. The number of amides is 1. The molecular formula is C11H10F2N4OS. The first-order chi connectivity index (χ1) is 8.97. The number of benzene rings is 1. The van der Waals surface area contributed by atoms with Crippen LogP contribution in [-0.2, 0) is 0 Å². The molecule has 0 saturated carbocycles. The second-order valence-corrected chi connectivity index (χ2v) is 4.84. The van der Waals surface area contributed by atoms with E-state index in [-0.39, 0.29) is 10.7 Å². The molecule has 1 aromatic heterocycles. The van der Waals surface area contributed by atoms with E-state index in [0.29, 0.717) is 5.01 Å². The summed E-state index contributed by atoms with van der Waals surface area (Å²) in [5, 5.41) is 10.6. The van der Waals surface area contributed by atoms with Crippen LogP contribution in [0, 0.1) is 11.6 Å². The molecule has 19 heavy (non-hydrogen) atoms. The summed E-state index contributed by atoms with van der Waals surface area (Å²) < 4.78 is 26.4. The quantitative estimate of drug-likeness (QED) is 0.902. The molecule has 8 heteroatoms. The molecule has 0 saturated heterocycles. The smallest absolute Gasteiger partial charge is 0.254 e. The van der Waals surface area contributed by atoms with E-state index >= 15 is 0 Å². The van der Waals surface area contributed by atoms with E-state index in [0.717, 1.165) is 29.5 Å². The van der Waals surface area contributed by atoms with Crippen molar-refractivity contribution in [3.05, 3.63) is 40.4 Å². The average molecular weight is 284 g/mol. The summed E-state index contributed by atoms with van der Waals surface area (Å²) in [6.07, 6.45) is 0. The van der Waals surface area contributed by atoms with E-state index in [1.165, 1.54) is 0 Å². The molecule has 100 valence electrons. The minimum absolute atomic E-state index is 0.271. The second kappa shape index (κ2) is 5.27. The Kier molecular flexibility index (Phi) is 3.70. The van der Waals surface area contributed by atoms with Crippen molar-refractivity contribution < 1.29 is 13.6 Å². The van der Waals surface area contributed by atoms with Gasteiger partial charge in [-0.3, -0.25) is 4.79 Å². The predicted octanol–water partition coefficient (Wildman–Crippen LogP) is 1.89. The highest BCUT2D eigenvalue weighted by Gasteiger charge is 2.18. The highest BCUT2D eigenvalue weighted by atomic mass is 32.1. The summed E-state index contributed by atoms with van der Waals surface area (Å²) in [7, 11) is 0. The van der Waals surface area contributed by atoms with Crippen molar-refractivity contribution in [3.8, 4) is 0 Å². The van der Waals surface area contributed by atoms with Gasteiger partial charge in [0, 0.05) is 0 Å². The van der Waals surface area contributed by atoms with Gasteiger partial charge in [-0.15, -0.1) is 10.2 Å². The first-order valence-corrected chi connectivity index (χ1v) is 6.14. The Morgan fingerprint density at radius 3 is 2.79 bits per heavy atom. The second-order valence-electron chi connectivity index (χ2n) is 3.80. The number of nitrogens with two attached hydrogens (primary N) is 1. The van der Waals surface area contributed by atoms with E-state index in [1.807, 2.05) is 0 Å². The van der Waals surface area contributed by atoms with Crippen LogP contribution < -0.4 is 11.1 Å². The van der Waals surface area contributed by atoms with Crippen LogP contribution in [0.3, 0.4) is 0 Å². The van der Waals surface area contributed by atoms with Gasteiger partial charge in [-0.1, -0.05) is 11.3 Å². The summed E-state index contributed by atoms with van der Waals surface area (Å²) in [5.41, 5.74) is 5.07. The number of carbonyl (C=O) groups is 1. The van der Waals surface area contributed by atoms with Crippen molar-refractivity contribution >= 4 is 22.4 Å². The van der Waals surface area contributed by atoms with Gasteiger partial charge in [0.25, 0.3) is 5.91 Å². The predicted molar refractivity (Wildman–Crippen MR) is 66.6 cm³/mol. The van der Waals surface area contributed by atoms with E-state index in [4.69, 9.17) is 5.73 Å². The summed E-state index contributed by atoms with van der Waals surface area (Å²) in [5.74, 6) is -2.19. The summed E-state index contributed by atoms with van der Waals surface area (Å²) in [6, 6.07) is 2.19. The Morgan fingerprint density at radius 2 is 2.16 bits per heavy atom. The van der Waals surface area contributed by atoms with Gasteiger partial charge in [-0.05, 0) is 25.1 Å². The monoisotopic (exact) mass is 284 g/mol. The number of hydrogen-bond acceptors (Lipinski definition) is 5. The molecule has 5 nitrogen and oxygen atoms in total. The van der Waals surface area contributed by atoms with Crippen LogP contribution in [0.2, 0.25) is 0 Å². The van der Waals surface area contributed by atoms with Gasteiger partial charge in [0.1, 0.15) is 16.6 Å². The van der Waals surface area contributed by atoms with Crippen LogP contribution in [0.25, 0.3) is 0 Å². The lowest BCUT2D eigenvalue weighted by atomic mass is 10.2. The Hall–Kier alpha value is -2.09. The van der Waals surface area contributed by atoms with Gasteiger partial charge >= 0.3 is 0 Å². The van der Waals surface area contributed by atoms with Gasteiger partial charge < -0.3 is 11.1 Å². The molecule has 0 fully saturated rings. The fourth-order valence-corrected chi connectivity index (χ4v) is 2.04. The van der Waals surface area contributed by atoms with Crippen LogP contribution in [0.5, 0.6) is 0 Å². The van der Waals surface area contributed by atoms with E-state index in [2.05, 4.69) is 15.5 Å². The molecule has 2 rings (SSSR count). The number of nitrogens with one attached hydrogen (secondary N) is 1. The number of rotatable bonds is 3. The van der Waals surface area contributed by atoms with Crippen LogP contribution >= 0.6 is 11.3 Å². The number of hydrogen-bond donors (Lipinski definition) is 2. The maximum absolute atomic E-state index is 13.4. The third-order valence-electron chi connectivity index (χ3n) is 2.35. The molecule has 0 aliphatic heterocycles. The molecule has 0 spiro atoms. The molecule has 0 aliphatic carbocycles. The maximum atomic E-state index is 13.4. The first-order valence-electron chi connectivity index (χ1n) is 5.32. The van der Waals surface area contributed by atoms with Crippen molar-refractivity contribution in [1.82, 2.24) is 15.5 Å². The number of aromatic nitrogens is 2. The van der Waals surface area contributed by atoms with Crippen LogP contribution in [0.15, 0.2) is 18.2 Å². The first kappa shape index (κ1) is 13.3. The minimum atomic E-state index is -0.789. The third-order valence-corrected chi connectivity index (χ3v) is 3.28. The molecule has 0 radical (unpaired) electrons. The molecule has 1 unspecified atom stereocenters. The maximum Gasteiger partial charge on any atom is 0.254 e. The summed E-state index contributed by atoms with van der Waals surface area (Å²) in [6.45, 7) is 1.65. The largest absolute Gasteiger partial charge is 0.374 e. The zero-order chi connectivity index (χ0) is 14.0. The summed E-state index contributed by atoms with van der Waals surface area (Å²) in [4.78, 5) is 11.8. The topological polar surface area (TPSA) is 80.9 Å². The van der Waals surface area contributed by atoms with Gasteiger partial charge in [-0.25, -0.2) is 8.78 Å². The Bertz CT molecular complexity index is 616. The minimum Gasteiger partial charge on any atom is -0.374 e. The Balaban J connectivity index is 2.15. The molecule has 1 atom stereocenters. The summed E-state index contributed by atoms with van der Waals surface area (Å²) >= 11 is 1.11. The molecule has 0 bridgehead atoms. The third kappa shape index (κ3) is 3.02. The fourth-order valence-electron chi connectivity index (χ4n) is 1.43. The highest BCUT2D eigenvalue weighted by molar-refractivity contribution is 7.15. The lowest BCUT2D eigenvalue weighted by Gasteiger charge is -2.11. The highest BCUT2D eigenvalue weighted by Crippen LogP contribution is 2.19. The van der Waals surface area contributed by atoms with Gasteiger partial charge in [0.05, 0.1) is 11.6 Å². The zero-order valence-electron chi connectivity index (χ0n) is 9.85. The van der Waals surface area contributed by atoms with E-state index in [9.17, 15) is 13.6 Å². The van der Waals surface area contributed by atoms with Crippen LogP contribution in [-0.4, -0.2) is 16.1 Å². The van der Waals surface area contributed by atoms with Crippen LogP contribution in [0.4, 0.5) is 13.9 Å².